The van der Waals surface area contributed by atoms with E-state index in [-0.39, 0.29) is 6.10 Å². The molecule has 0 radical (unpaired) electrons. The molecule has 1 fully saturated rings. The minimum atomic E-state index is -0.176. The number of nitrogens with zero attached hydrogens (tertiary/aromatic N) is 2. The van der Waals surface area contributed by atoms with Gasteiger partial charge >= 0.3 is 0 Å². The van der Waals surface area contributed by atoms with Gasteiger partial charge in [0, 0.05) is 12.5 Å². The standard InChI is InChI=1S/C16H21N3O/c1-11-16(17-10-12-6-2-5-9-15(12)20)19-14-8-4-3-7-13(14)18-11/h3-4,7-8,12,15,20H,2,5-6,9-10H2,1H3,(H,17,19). The van der Waals surface area contributed by atoms with E-state index in [0.717, 1.165) is 48.4 Å². The number of fused-ring (bicyclic) bond motifs is 1. The van der Waals surface area contributed by atoms with Crippen LogP contribution in [0.1, 0.15) is 31.4 Å². The first kappa shape index (κ1) is 13.3. The Morgan fingerprint density at radius 3 is 2.60 bits per heavy atom. The minimum absolute atomic E-state index is 0.176. The van der Waals surface area contributed by atoms with E-state index in [2.05, 4.69) is 15.3 Å². The van der Waals surface area contributed by atoms with Crippen LogP contribution in [0.25, 0.3) is 11.0 Å². The summed E-state index contributed by atoms with van der Waals surface area (Å²) in [6, 6.07) is 7.90. The van der Waals surface area contributed by atoms with Gasteiger partial charge in [0.25, 0.3) is 0 Å². The molecule has 1 saturated carbocycles. The second-order valence-corrected chi connectivity index (χ2v) is 5.64. The van der Waals surface area contributed by atoms with E-state index in [9.17, 15) is 5.11 Å². The largest absolute Gasteiger partial charge is 0.393 e. The molecular formula is C16H21N3O. The van der Waals surface area contributed by atoms with Crippen molar-refractivity contribution in [2.24, 2.45) is 5.92 Å². The summed E-state index contributed by atoms with van der Waals surface area (Å²) < 4.78 is 0. The van der Waals surface area contributed by atoms with E-state index in [4.69, 9.17) is 0 Å². The molecule has 2 atom stereocenters. The summed E-state index contributed by atoms with van der Waals surface area (Å²) in [7, 11) is 0. The van der Waals surface area contributed by atoms with E-state index in [1.165, 1.54) is 6.42 Å². The molecular weight excluding hydrogens is 250 g/mol. The molecule has 1 aromatic heterocycles. The monoisotopic (exact) mass is 271 g/mol. The van der Waals surface area contributed by atoms with Gasteiger partial charge in [0.05, 0.1) is 22.8 Å². The maximum Gasteiger partial charge on any atom is 0.148 e. The molecule has 0 aliphatic heterocycles. The van der Waals surface area contributed by atoms with Gasteiger partial charge in [0.1, 0.15) is 5.82 Å². The van der Waals surface area contributed by atoms with Crippen molar-refractivity contribution in [3.05, 3.63) is 30.0 Å². The van der Waals surface area contributed by atoms with Gasteiger partial charge in [-0.05, 0) is 31.9 Å². The highest BCUT2D eigenvalue weighted by atomic mass is 16.3. The number of hydrogen-bond acceptors (Lipinski definition) is 4. The lowest BCUT2D eigenvalue weighted by molar-refractivity contribution is 0.0763. The number of benzene rings is 1. The van der Waals surface area contributed by atoms with Crippen molar-refractivity contribution in [1.29, 1.82) is 0 Å². The number of hydrogen-bond donors (Lipinski definition) is 2. The van der Waals surface area contributed by atoms with Gasteiger partial charge in [-0.25, -0.2) is 9.97 Å². The molecule has 4 nitrogen and oxygen atoms in total. The topological polar surface area (TPSA) is 58.0 Å². The van der Waals surface area contributed by atoms with Crippen LogP contribution in [0.4, 0.5) is 5.82 Å². The summed E-state index contributed by atoms with van der Waals surface area (Å²) >= 11 is 0. The Bertz CT molecular complexity index is 599. The zero-order valence-electron chi connectivity index (χ0n) is 11.8. The fourth-order valence-corrected chi connectivity index (χ4v) is 2.91. The van der Waals surface area contributed by atoms with Gasteiger partial charge in [-0.15, -0.1) is 0 Å². The molecule has 0 amide bonds. The maximum atomic E-state index is 10.0. The fraction of sp³-hybridized carbons (Fsp3) is 0.500. The molecule has 0 saturated heterocycles. The fourth-order valence-electron chi connectivity index (χ4n) is 2.91. The summed E-state index contributed by atoms with van der Waals surface area (Å²) in [6.45, 7) is 2.74. The molecule has 3 rings (SSSR count). The average Bonchev–Trinajstić information content (AvgIpc) is 2.46. The van der Waals surface area contributed by atoms with Crippen LogP contribution in [0.5, 0.6) is 0 Å². The number of aromatic nitrogens is 2. The van der Waals surface area contributed by atoms with Crippen LogP contribution in [0.3, 0.4) is 0 Å². The van der Waals surface area contributed by atoms with Crippen LogP contribution in [0.2, 0.25) is 0 Å². The van der Waals surface area contributed by atoms with E-state index in [1.807, 2.05) is 31.2 Å². The van der Waals surface area contributed by atoms with Gasteiger partial charge in [-0.2, -0.15) is 0 Å². The Kier molecular flexibility index (Phi) is 3.83. The zero-order chi connectivity index (χ0) is 13.9. The van der Waals surface area contributed by atoms with E-state index in [1.54, 1.807) is 0 Å². The zero-order valence-corrected chi connectivity index (χ0v) is 11.8. The lowest BCUT2D eigenvalue weighted by Crippen LogP contribution is -2.30. The molecule has 1 aromatic carbocycles. The van der Waals surface area contributed by atoms with Crippen molar-refractivity contribution >= 4 is 16.9 Å². The predicted molar refractivity (Wildman–Crippen MR) is 80.7 cm³/mol. The number of nitrogens with one attached hydrogen (secondary N) is 1. The lowest BCUT2D eigenvalue weighted by Gasteiger charge is -2.27. The molecule has 2 aromatic rings. The second kappa shape index (κ2) is 5.75. The van der Waals surface area contributed by atoms with Crippen LogP contribution < -0.4 is 5.32 Å². The number of para-hydroxylation sites is 2. The highest BCUT2D eigenvalue weighted by Crippen LogP contribution is 2.25. The van der Waals surface area contributed by atoms with Gasteiger partial charge in [0.15, 0.2) is 0 Å². The number of aliphatic hydroxyl groups is 1. The van der Waals surface area contributed by atoms with Gasteiger partial charge in [0.2, 0.25) is 0 Å². The molecule has 1 heterocycles. The van der Waals surface area contributed by atoms with Crippen molar-refractivity contribution in [1.82, 2.24) is 9.97 Å². The smallest absolute Gasteiger partial charge is 0.148 e. The predicted octanol–water partition coefficient (Wildman–Crippen LogP) is 2.90. The molecule has 1 aliphatic rings. The summed E-state index contributed by atoms with van der Waals surface area (Å²) in [6.07, 6.45) is 4.20. The van der Waals surface area contributed by atoms with E-state index in [0.29, 0.717) is 5.92 Å². The first-order valence-electron chi connectivity index (χ1n) is 7.39. The molecule has 0 bridgehead atoms. The van der Waals surface area contributed by atoms with Crippen LogP contribution in [-0.2, 0) is 0 Å². The molecule has 0 spiro atoms. The number of aliphatic hydroxyl groups excluding tert-OH is 1. The third-order valence-corrected chi connectivity index (χ3v) is 4.15. The summed E-state index contributed by atoms with van der Waals surface area (Å²) in [5.41, 5.74) is 2.74. The molecule has 4 heteroatoms. The number of aryl methyl sites for hydroxylation is 1. The lowest BCUT2D eigenvalue weighted by atomic mass is 9.86. The molecule has 1 aliphatic carbocycles. The van der Waals surface area contributed by atoms with Gasteiger partial charge in [-0.1, -0.05) is 25.0 Å². The Morgan fingerprint density at radius 1 is 1.15 bits per heavy atom. The van der Waals surface area contributed by atoms with E-state index >= 15 is 0 Å². The first-order chi connectivity index (χ1) is 9.74. The van der Waals surface area contributed by atoms with Crippen molar-refractivity contribution in [2.75, 3.05) is 11.9 Å². The first-order valence-corrected chi connectivity index (χ1v) is 7.39. The maximum absolute atomic E-state index is 10.0. The normalized spacial score (nSPS) is 22.9. The highest BCUT2D eigenvalue weighted by molar-refractivity contribution is 5.76. The highest BCUT2D eigenvalue weighted by Gasteiger charge is 2.22. The van der Waals surface area contributed by atoms with Crippen LogP contribution in [0, 0.1) is 12.8 Å². The summed E-state index contributed by atoms with van der Waals surface area (Å²) in [5, 5.41) is 13.4. The summed E-state index contributed by atoms with van der Waals surface area (Å²) in [4.78, 5) is 9.20. The van der Waals surface area contributed by atoms with Gasteiger partial charge < -0.3 is 10.4 Å². The van der Waals surface area contributed by atoms with Crippen molar-refractivity contribution in [2.45, 2.75) is 38.7 Å². The molecule has 106 valence electrons. The number of rotatable bonds is 3. The second-order valence-electron chi connectivity index (χ2n) is 5.64. The van der Waals surface area contributed by atoms with Crippen LogP contribution in [0.15, 0.2) is 24.3 Å². The molecule has 20 heavy (non-hydrogen) atoms. The third-order valence-electron chi connectivity index (χ3n) is 4.15. The third kappa shape index (κ3) is 2.75. The van der Waals surface area contributed by atoms with Gasteiger partial charge in [-0.3, -0.25) is 0 Å². The van der Waals surface area contributed by atoms with Crippen molar-refractivity contribution in [3.8, 4) is 0 Å². The van der Waals surface area contributed by atoms with Crippen LogP contribution >= 0.6 is 0 Å². The Labute approximate surface area is 119 Å². The Hall–Kier alpha value is -1.68. The van der Waals surface area contributed by atoms with Crippen molar-refractivity contribution < 1.29 is 5.11 Å². The van der Waals surface area contributed by atoms with Crippen LogP contribution in [-0.4, -0.2) is 27.7 Å². The van der Waals surface area contributed by atoms with E-state index < -0.39 is 0 Å². The Morgan fingerprint density at radius 2 is 1.85 bits per heavy atom. The quantitative estimate of drug-likeness (QED) is 0.901. The molecule has 2 unspecified atom stereocenters. The Balaban J connectivity index is 1.75. The summed E-state index contributed by atoms with van der Waals surface area (Å²) in [5.74, 6) is 1.16. The number of anilines is 1. The van der Waals surface area contributed by atoms with Crippen molar-refractivity contribution in [3.63, 3.8) is 0 Å². The SMILES string of the molecule is Cc1nc2ccccc2nc1NCC1CCCCC1O. The molecule has 2 N–H and O–H groups in total. The average molecular weight is 271 g/mol. The minimum Gasteiger partial charge on any atom is -0.393 e.